The third kappa shape index (κ3) is 6.73. The average Bonchev–Trinajstić information content (AvgIpc) is 2.90. The number of benzene rings is 2. The SMILES string of the molecule is CCCCS(=O)(=O)N1C(SCc2ccc(OC)cc2)=NC(C)=C(C(=O)OCC)C1c1cccc([N+](=O)[O-])c1. The van der Waals surface area contributed by atoms with E-state index in [0.29, 0.717) is 30.0 Å². The largest absolute Gasteiger partial charge is 0.497 e. The van der Waals surface area contributed by atoms with Crippen LogP contribution in [-0.4, -0.2) is 48.3 Å². The van der Waals surface area contributed by atoms with E-state index in [-0.39, 0.29) is 34.4 Å². The van der Waals surface area contributed by atoms with Crippen LogP contribution in [0.2, 0.25) is 0 Å². The minimum absolute atomic E-state index is 0.0289. The standard InChI is InChI=1S/C26H31N3O7S2/c1-5-7-15-38(33,34)28-24(20-9-8-10-21(16-20)29(31)32)23(25(30)36-6-2)18(3)27-26(28)37-17-19-11-13-22(35-4)14-12-19/h8-14,16,24H,5-7,15,17H2,1-4H3. The van der Waals surface area contributed by atoms with Crippen molar-refractivity contribution in [1.29, 1.82) is 0 Å². The first-order chi connectivity index (χ1) is 18.1. The van der Waals surface area contributed by atoms with E-state index in [1.54, 1.807) is 27.0 Å². The number of esters is 1. The number of carbonyl (C=O) groups excluding carboxylic acids is 1. The molecule has 3 rings (SSSR count). The molecule has 12 heteroatoms. The lowest BCUT2D eigenvalue weighted by Gasteiger charge is -2.37. The number of amidine groups is 1. The molecule has 1 unspecified atom stereocenters. The predicted octanol–water partition coefficient (Wildman–Crippen LogP) is 5.22. The second-order valence-corrected chi connectivity index (χ2v) is 11.4. The Labute approximate surface area is 226 Å². The number of unbranched alkanes of at least 4 members (excludes halogenated alkanes) is 1. The van der Waals surface area contributed by atoms with Crippen molar-refractivity contribution in [1.82, 2.24) is 4.31 Å². The van der Waals surface area contributed by atoms with Gasteiger partial charge in [-0.3, -0.25) is 10.1 Å². The number of nitro groups is 1. The van der Waals surface area contributed by atoms with E-state index in [0.717, 1.165) is 9.87 Å². The predicted molar refractivity (Wildman–Crippen MR) is 147 cm³/mol. The summed E-state index contributed by atoms with van der Waals surface area (Å²) >= 11 is 1.21. The number of non-ortho nitro benzene ring substituents is 1. The number of hydrogen-bond donors (Lipinski definition) is 0. The molecule has 0 saturated heterocycles. The van der Waals surface area contributed by atoms with Crippen molar-refractivity contribution in [2.75, 3.05) is 19.5 Å². The van der Waals surface area contributed by atoms with Crippen molar-refractivity contribution >= 4 is 38.6 Å². The fourth-order valence-electron chi connectivity index (χ4n) is 3.93. The maximum absolute atomic E-state index is 13.8. The monoisotopic (exact) mass is 561 g/mol. The van der Waals surface area contributed by atoms with Gasteiger partial charge in [0.1, 0.15) is 11.8 Å². The Morgan fingerprint density at radius 1 is 1.18 bits per heavy atom. The Morgan fingerprint density at radius 3 is 2.50 bits per heavy atom. The van der Waals surface area contributed by atoms with Gasteiger partial charge in [0.15, 0.2) is 5.17 Å². The lowest BCUT2D eigenvalue weighted by Crippen LogP contribution is -2.44. The Hall–Kier alpha value is -3.38. The summed E-state index contributed by atoms with van der Waals surface area (Å²) in [7, 11) is -2.42. The molecule has 38 heavy (non-hydrogen) atoms. The molecule has 2 aromatic rings. The Balaban J connectivity index is 2.17. The molecule has 1 atom stereocenters. The smallest absolute Gasteiger partial charge is 0.338 e. The van der Waals surface area contributed by atoms with Gasteiger partial charge in [-0.1, -0.05) is 49.4 Å². The lowest BCUT2D eigenvalue weighted by molar-refractivity contribution is -0.384. The summed E-state index contributed by atoms with van der Waals surface area (Å²) in [6.07, 6.45) is 1.04. The summed E-state index contributed by atoms with van der Waals surface area (Å²) in [5.74, 6) is 0.194. The molecule has 0 bridgehead atoms. The number of nitro benzene ring substituents is 1. The molecule has 1 aliphatic heterocycles. The van der Waals surface area contributed by atoms with Crippen LogP contribution in [0.4, 0.5) is 5.69 Å². The van der Waals surface area contributed by atoms with Gasteiger partial charge in [-0.15, -0.1) is 0 Å². The molecule has 0 saturated carbocycles. The number of sulfonamides is 1. The highest BCUT2D eigenvalue weighted by Gasteiger charge is 2.43. The number of nitrogens with zero attached hydrogens (tertiary/aromatic N) is 3. The van der Waals surface area contributed by atoms with Crippen molar-refractivity contribution in [3.8, 4) is 5.75 Å². The summed E-state index contributed by atoms with van der Waals surface area (Å²) < 4.78 is 39.2. The van der Waals surface area contributed by atoms with Gasteiger partial charge in [0, 0.05) is 17.9 Å². The van der Waals surface area contributed by atoms with E-state index in [1.165, 1.54) is 30.0 Å². The first-order valence-corrected chi connectivity index (χ1v) is 14.7. The first-order valence-electron chi connectivity index (χ1n) is 12.1. The minimum Gasteiger partial charge on any atom is -0.497 e. The van der Waals surface area contributed by atoms with Crippen molar-refractivity contribution < 1.29 is 27.6 Å². The van der Waals surface area contributed by atoms with E-state index >= 15 is 0 Å². The fraction of sp³-hybridized carbons (Fsp3) is 0.385. The quantitative estimate of drug-likeness (QED) is 0.208. The molecular weight excluding hydrogens is 530 g/mol. The van der Waals surface area contributed by atoms with Crippen molar-refractivity contribution in [2.24, 2.45) is 4.99 Å². The zero-order chi connectivity index (χ0) is 27.9. The van der Waals surface area contributed by atoms with Crippen LogP contribution in [0.5, 0.6) is 5.75 Å². The van der Waals surface area contributed by atoms with Crippen molar-refractivity contribution in [3.63, 3.8) is 0 Å². The van der Waals surface area contributed by atoms with Crippen LogP contribution in [0.3, 0.4) is 0 Å². The number of aliphatic imine (C=N–C) groups is 1. The third-order valence-electron chi connectivity index (χ3n) is 5.82. The zero-order valence-corrected chi connectivity index (χ0v) is 23.4. The number of rotatable bonds is 11. The molecule has 1 aliphatic rings. The van der Waals surface area contributed by atoms with Gasteiger partial charge in [0.05, 0.1) is 35.7 Å². The number of ether oxygens (including phenoxy) is 2. The van der Waals surface area contributed by atoms with Gasteiger partial charge < -0.3 is 9.47 Å². The van der Waals surface area contributed by atoms with E-state index in [4.69, 9.17) is 9.47 Å². The van der Waals surface area contributed by atoms with Crippen molar-refractivity contribution in [3.05, 3.63) is 81.0 Å². The van der Waals surface area contributed by atoms with Gasteiger partial charge in [0.2, 0.25) is 10.0 Å². The average molecular weight is 562 g/mol. The Kier molecular flexibility index (Phi) is 9.92. The zero-order valence-electron chi connectivity index (χ0n) is 21.7. The highest BCUT2D eigenvalue weighted by atomic mass is 32.2. The van der Waals surface area contributed by atoms with Crippen molar-refractivity contribution in [2.45, 2.75) is 45.4 Å². The maximum atomic E-state index is 13.8. The van der Waals surface area contributed by atoms with Crippen LogP contribution in [0, 0.1) is 10.1 Å². The molecule has 10 nitrogen and oxygen atoms in total. The molecule has 0 spiro atoms. The third-order valence-corrected chi connectivity index (χ3v) is 8.75. The summed E-state index contributed by atoms with van der Waals surface area (Å²) in [6, 6.07) is 11.8. The molecular formula is C26H31N3O7S2. The second-order valence-electron chi connectivity index (χ2n) is 8.47. The van der Waals surface area contributed by atoms with Gasteiger partial charge in [0.25, 0.3) is 5.69 Å². The van der Waals surface area contributed by atoms with Gasteiger partial charge in [-0.05, 0) is 43.5 Å². The number of thioether (sulfide) groups is 1. The summed E-state index contributed by atoms with van der Waals surface area (Å²) in [5.41, 5.74) is 1.29. The molecule has 0 radical (unpaired) electrons. The fourth-order valence-corrected chi connectivity index (χ4v) is 7.03. The number of carbonyl (C=O) groups is 1. The highest BCUT2D eigenvalue weighted by molar-refractivity contribution is 8.14. The first kappa shape index (κ1) is 29.2. The number of methoxy groups -OCH3 is 1. The van der Waals surface area contributed by atoms with Crippen LogP contribution in [0.15, 0.2) is 64.8 Å². The molecule has 2 aromatic carbocycles. The lowest BCUT2D eigenvalue weighted by atomic mass is 9.96. The molecule has 0 aliphatic carbocycles. The molecule has 0 aromatic heterocycles. The number of allylic oxidation sites excluding steroid dienone is 1. The Bertz CT molecular complexity index is 1340. The van der Waals surface area contributed by atoms with Gasteiger partial charge >= 0.3 is 5.97 Å². The van der Waals surface area contributed by atoms with Crippen LogP contribution < -0.4 is 4.74 Å². The van der Waals surface area contributed by atoms with E-state index in [9.17, 15) is 23.3 Å². The molecule has 1 heterocycles. The number of hydrogen-bond acceptors (Lipinski definition) is 9. The summed E-state index contributed by atoms with van der Waals surface area (Å²) in [4.78, 5) is 28.7. The highest BCUT2D eigenvalue weighted by Crippen LogP contribution is 2.41. The Morgan fingerprint density at radius 2 is 1.89 bits per heavy atom. The van der Waals surface area contributed by atoms with E-state index in [1.807, 2.05) is 31.2 Å². The van der Waals surface area contributed by atoms with E-state index in [2.05, 4.69) is 4.99 Å². The molecule has 204 valence electrons. The molecule has 0 N–H and O–H groups in total. The van der Waals surface area contributed by atoms with Crippen LogP contribution in [0.25, 0.3) is 0 Å². The minimum atomic E-state index is -4.00. The normalized spacial score (nSPS) is 15.7. The molecule has 0 fully saturated rings. The van der Waals surface area contributed by atoms with Crippen LogP contribution in [-0.2, 0) is 25.3 Å². The van der Waals surface area contributed by atoms with Crippen LogP contribution in [0.1, 0.15) is 50.8 Å². The van der Waals surface area contributed by atoms with Gasteiger partial charge in [-0.25, -0.2) is 22.5 Å². The van der Waals surface area contributed by atoms with Crippen LogP contribution >= 0.6 is 11.8 Å². The second kappa shape index (κ2) is 12.9. The van der Waals surface area contributed by atoms with Gasteiger partial charge in [-0.2, -0.15) is 0 Å². The summed E-state index contributed by atoms with van der Waals surface area (Å²) in [5, 5.41) is 11.7. The topological polar surface area (TPSA) is 128 Å². The maximum Gasteiger partial charge on any atom is 0.338 e. The van der Waals surface area contributed by atoms with E-state index < -0.39 is 27.0 Å². The molecule has 0 amide bonds. The summed E-state index contributed by atoms with van der Waals surface area (Å²) in [6.45, 7) is 5.21.